The molecule has 0 aliphatic rings. The van der Waals surface area contributed by atoms with Gasteiger partial charge in [-0.2, -0.15) is 5.26 Å². The fourth-order valence-electron chi connectivity index (χ4n) is 1.52. The summed E-state index contributed by atoms with van der Waals surface area (Å²) in [5.74, 6) is -0.352. The molecule has 112 valence electrons. The quantitative estimate of drug-likeness (QED) is 0.845. The van der Waals surface area contributed by atoms with Gasteiger partial charge in [-0.05, 0) is 32.9 Å². The zero-order chi connectivity index (χ0) is 15.9. The van der Waals surface area contributed by atoms with Crippen molar-refractivity contribution in [3.63, 3.8) is 0 Å². The summed E-state index contributed by atoms with van der Waals surface area (Å²) in [6.45, 7) is 5.21. The number of nitriles is 1. The van der Waals surface area contributed by atoms with E-state index in [4.69, 9.17) is 10.00 Å². The predicted octanol–water partition coefficient (Wildman–Crippen LogP) is 0.968. The van der Waals surface area contributed by atoms with Crippen LogP contribution < -0.4 is 15.4 Å². The first-order valence-corrected chi connectivity index (χ1v) is 6.51. The zero-order valence-electron chi connectivity index (χ0n) is 12.4. The van der Waals surface area contributed by atoms with E-state index in [1.165, 1.54) is 0 Å². The molecule has 0 radical (unpaired) electrons. The van der Waals surface area contributed by atoms with Crippen LogP contribution in [0.15, 0.2) is 24.3 Å². The number of nitrogens with one attached hydrogen (secondary N) is 2. The highest BCUT2D eigenvalue weighted by Crippen LogP contribution is 2.15. The van der Waals surface area contributed by atoms with Crippen LogP contribution >= 0.6 is 0 Å². The maximum absolute atomic E-state index is 11.6. The van der Waals surface area contributed by atoms with Crippen LogP contribution in [0.3, 0.4) is 0 Å². The molecule has 0 saturated carbocycles. The molecule has 0 heterocycles. The fourth-order valence-corrected chi connectivity index (χ4v) is 1.52. The molecule has 0 aliphatic carbocycles. The summed E-state index contributed by atoms with van der Waals surface area (Å²) < 4.78 is 5.26. The lowest BCUT2D eigenvalue weighted by Gasteiger charge is -2.20. The predicted molar refractivity (Wildman–Crippen MR) is 77.6 cm³/mol. The monoisotopic (exact) mass is 289 g/mol. The lowest BCUT2D eigenvalue weighted by molar-refractivity contribution is -0.127. The Morgan fingerprint density at radius 2 is 1.90 bits per heavy atom. The van der Waals surface area contributed by atoms with Crippen molar-refractivity contribution in [2.45, 2.75) is 26.3 Å². The summed E-state index contributed by atoms with van der Waals surface area (Å²) in [5, 5.41) is 14.1. The van der Waals surface area contributed by atoms with E-state index >= 15 is 0 Å². The highest BCUT2D eigenvalue weighted by molar-refractivity contribution is 5.85. The van der Waals surface area contributed by atoms with Gasteiger partial charge in [0.15, 0.2) is 6.61 Å². The van der Waals surface area contributed by atoms with Crippen LogP contribution in [-0.2, 0) is 9.59 Å². The highest BCUT2D eigenvalue weighted by atomic mass is 16.5. The van der Waals surface area contributed by atoms with Crippen molar-refractivity contribution in [2.24, 2.45) is 0 Å². The highest BCUT2D eigenvalue weighted by Gasteiger charge is 2.14. The topological polar surface area (TPSA) is 91.2 Å². The molecule has 6 nitrogen and oxygen atoms in total. The third kappa shape index (κ3) is 6.43. The van der Waals surface area contributed by atoms with Gasteiger partial charge in [0.2, 0.25) is 5.91 Å². The van der Waals surface area contributed by atoms with Crippen LogP contribution in [0.5, 0.6) is 5.75 Å². The number of hydrogen-bond acceptors (Lipinski definition) is 4. The van der Waals surface area contributed by atoms with Gasteiger partial charge >= 0.3 is 0 Å². The van der Waals surface area contributed by atoms with E-state index in [9.17, 15) is 9.59 Å². The van der Waals surface area contributed by atoms with Crippen molar-refractivity contribution in [3.05, 3.63) is 29.8 Å². The van der Waals surface area contributed by atoms with E-state index in [1.54, 1.807) is 24.3 Å². The van der Waals surface area contributed by atoms with Gasteiger partial charge in [-0.25, -0.2) is 0 Å². The third-order valence-electron chi connectivity index (χ3n) is 2.33. The van der Waals surface area contributed by atoms with Crippen LogP contribution in [0.4, 0.5) is 0 Å². The summed E-state index contributed by atoms with van der Waals surface area (Å²) in [6.07, 6.45) is 0. The number of hydrogen-bond donors (Lipinski definition) is 2. The first-order chi connectivity index (χ1) is 9.81. The molecule has 1 rings (SSSR count). The largest absolute Gasteiger partial charge is 0.482 e. The van der Waals surface area contributed by atoms with Crippen molar-refractivity contribution in [1.82, 2.24) is 10.6 Å². The number of para-hydroxylation sites is 1. The Balaban J connectivity index is 2.38. The Morgan fingerprint density at radius 1 is 1.24 bits per heavy atom. The second-order valence-electron chi connectivity index (χ2n) is 5.47. The zero-order valence-corrected chi connectivity index (χ0v) is 12.4. The van der Waals surface area contributed by atoms with E-state index in [2.05, 4.69) is 10.6 Å². The fraction of sp³-hybridized carbons (Fsp3) is 0.400. The molecular formula is C15H19N3O3. The van der Waals surface area contributed by atoms with Crippen molar-refractivity contribution < 1.29 is 14.3 Å². The molecule has 2 N–H and O–H groups in total. The first kappa shape index (κ1) is 16.5. The minimum atomic E-state index is -0.424. The molecule has 6 heteroatoms. The molecule has 0 atom stereocenters. The Hall–Kier alpha value is -2.55. The minimum Gasteiger partial charge on any atom is -0.482 e. The summed E-state index contributed by atoms with van der Waals surface area (Å²) in [4.78, 5) is 23.1. The molecule has 1 aromatic rings. The molecule has 21 heavy (non-hydrogen) atoms. The lowest BCUT2D eigenvalue weighted by atomic mass is 10.1. The molecular weight excluding hydrogens is 270 g/mol. The standard InChI is InChI=1S/C15H19N3O3/c1-15(2,3)18-13(19)9-17-14(20)10-21-12-7-5-4-6-11(12)8-16/h4-7H,9-10H2,1-3H3,(H,17,20)(H,18,19). The van der Waals surface area contributed by atoms with E-state index < -0.39 is 5.91 Å². The van der Waals surface area contributed by atoms with Gasteiger partial charge in [-0.15, -0.1) is 0 Å². The molecule has 0 unspecified atom stereocenters. The van der Waals surface area contributed by atoms with Crippen LogP contribution in [0.25, 0.3) is 0 Å². The minimum absolute atomic E-state index is 0.112. The third-order valence-corrected chi connectivity index (χ3v) is 2.33. The van der Waals surface area contributed by atoms with Gasteiger partial charge in [0, 0.05) is 5.54 Å². The van der Waals surface area contributed by atoms with Crippen molar-refractivity contribution in [1.29, 1.82) is 5.26 Å². The average Bonchev–Trinajstić information content (AvgIpc) is 2.41. The second kappa shape index (κ2) is 7.29. The Labute approximate surface area is 124 Å². The van der Waals surface area contributed by atoms with Crippen LogP contribution in [0.2, 0.25) is 0 Å². The van der Waals surface area contributed by atoms with Crippen molar-refractivity contribution in [2.75, 3.05) is 13.2 Å². The number of amides is 2. The van der Waals surface area contributed by atoms with Crippen molar-refractivity contribution >= 4 is 11.8 Å². The maximum Gasteiger partial charge on any atom is 0.258 e. The number of nitrogens with zero attached hydrogens (tertiary/aromatic N) is 1. The molecule has 1 aromatic carbocycles. The van der Waals surface area contributed by atoms with Gasteiger partial charge in [0.1, 0.15) is 11.8 Å². The Bertz CT molecular complexity index is 556. The average molecular weight is 289 g/mol. The van der Waals surface area contributed by atoms with Crippen molar-refractivity contribution in [3.8, 4) is 11.8 Å². The number of carbonyl (C=O) groups is 2. The second-order valence-corrected chi connectivity index (χ2v) is 5.47. The van der Waals surface area contributed by atoms with Crippen LogP contribution in [0, 0.1) is 11.3 Å². The van der Waals surface area contributed by atoms with Gasteiger partial charge in [-0.1, -0.05) is 12.1 Å². The molecule has 0 saturated heterocycles. The SMILES string of the molecule is CC(C)(C)NC(=O)CNC(=O)COc1ccccc1C#N. The van der Waals surface area contributed by atoms with Gasteiger partial charge < -0.3 is 15.4 Å². The summed E-state index contributed by atoms with van der Waals surface area (Å²) in [5.41, 5.74) is 0.0140. The molecule has 0 bridgehead atoms. The van der Waals surface area contributed by atoms with Crippen LogP contribution in [-0.4, -0.2) is 30.5 Å². The Morgan fingerprint density at radius 3 is 2.52 bits per heavy atom. The first-order valence-electron chi connectivity index (χ1n) is 6.51. The molecule has 0 aromatic heterocycles. The number of benzene rings is 1. The molecule has 0 aliphatic heterocycles. The number of ether oxygens (including phenoxy) is 1. The molecule has 2 amide bonds. The summed E-state index contributed by atoms with van der Waals surface area (Å²) >= 11 is 0. The molecule has 0 spiro atoms. The normalized spacial score (nSPS) is 10.4. The van der Waals surface area contributed by atoms with Gasteiger partial charge in [0.05, 0.1) is 12.1 Å². The van der Waals surface area contributed by atoms with E-state index in [0.29, 0.717) is 11.3 Å². The maximum atomic E-state index is 11.6. The summed E-state index contributed by atoms with van der Waals surface area (Å²) in [6, 6.07) is 8.61. The smallest absolute Gasteiger partial charge is 0.258 e. The van der Waals surface area contributed by atoms with Crippen LogP contribution in [0.1, 0.15) is 26.3 Å². The molecule has 0 fully saturated rings. The summed E-state index contributed by atoms with van der Waals surface area (Å²) in [7, 11) is 0. The lowest BCUT2D eigenvalue weighted by Crippen LogP contribution is -2.46. The van der Waals surface area contributed by atoms with E-state index in [-0.39, 0.29) is 24.6 Å². The number of rotatable bonds is 5. The number of carbonyl (C=O) groups excluding carboxylic acids is 2. The van der Waals surface area contributed by atoms with E-state index in [1.807, 2.05) is 26.8 Å². The Kier molecular flexibility index (Phi) is 5.73. The van der Waals surface area contributed by atoms with Gasteiger partial charge in [-0.3, -0.25) is 9.59 Å². The van der Waals surface area contributed by atoms with Gasteiger partial charge in [0.25, 0.3) is 5.91 Å². The van der Waals surface area contributed by atoms with E-state index in [0.717, 1.165) is 0 Å².